The standard InChI is InChI=1S/C23H25N3O3.C2H2O4/c1-14(16-8-7-15-5-3-4-6-17(15)11-16)24-13-21-25-20-12-18(23(28)29-2)9-10-19(20)22(27)26-21;3-1(4)2(5)6/h7-12,14,24H,3-6,13H2,1-2H3,(H,25,26,27);(H,3,4)(H,5,6). The van der Waals surface area contributed by atoms with Crippen LogP contribution < -0.4 is 10.9 Å². The number of aliphatic carboxylic acids is 2. The van der Waals surface area contributed by atoms with E-state index in [1.807, 2.05) is 0 Å². The molecule has 35 heavy (non-hydrogen) atoms. The molecule has 10 nitrogen and oxygen atoms in total. The Bertz CT molecular complexity index is 1300. The van der Waals surface area contributed by atoms with Crippen LogP contribution in [0.5, 0.6) is 0 Å². The van der Waals surface area contributed by atoms with E-state index >= 15 is 0 Å². The highest BCUT2D eigenvalue weighted by Crippen LogP contribution is 2.25. The van der Waals surface area contributed by atoms with Crippen molar-refractivity contribution >= 4 is 28.8 Å². The number of benzene rings is 2. The zero-order valence-electron chi connectivity index (χ0n) is 19.5. The molecule has 1 atom stereocenters. The maximum atomic E-state index is 12.4. The lowest BCUT2D eigenvalue weighted by molar-refractivity contribution is -0.159. The Morgan fingerprint density at radius 3 is 2.40 bits per heavy atom. The van der Waals surface area contributed by atoms with E-state index < -0.39 is 17.9 Å². The van der Waals surface area contributed by atoms with Gasteiger partial charge in [0.25, 0.3) is 5.56 Å². The Morgan fingerprint density at radius 2 is 1.74 bits per heavy atom. The second-order valence-corrected chi connectivity index (χ2v) is 8.18. The Kier molecular flexibility index (Phi) is 8.32. The molecule has 0 saturated heterocycles. The Labute approximate surface area is 201 Å². The molecule has 4 N–H and O–H groups in total. The van der Waals surface area contributed by atoms with Crippen molar-refractivity contribution in [1.29, 1.82) is 0 Å². The molecule has 0 spiro atoms. The fourth-order valence-electron chi connectivity index (χ4n) is 3.91. The van der Waals surface area contributed by atoms with Crippen molar-refractivity contribution in [3.8, 4) is 0 Å². The molecule has 1 heterocycles. The number of hydrogen-bond donors (Lipinski definition) is 4. The van der Waals surface area contributed by atoms with Crippen LogP contribution in [0.2, 0.25) is 0 Å². The molecule has 0 amide bonds. The second-order valence-electron chi connectivity index (χ2n) is 8.18. The number of hydrogen-bond acceptors (Lipinski definition) is 7. The minimum Gasteiger partial charge on any atom is -0.473 e. The number of methoxy groups -OCH3 is 1. The van der Waals surface area contributed by atoms with Crippen LogP contribution in [0.15, 0.2) is 41.2 Å². The largest absolute Gasteiger partial charge is 0.473 e. The number of carbonyl (C=O) groups excluding carboxylic acids is 1. The van der Waals surface area contributed by atoms with E-state index in [4.69, 9.17) is 24.5 Å². The van der Waals surface area contributed by atoms with E-state index in [1.165, 1.54) is 43.1 Å². The number of H-pyrrole nitrogens is 1. The van der Waals surface area contributed by atoms with Crippen LogP contribution in [0.1, 0.15) is 58.7 Å². The fourth-order valence-corrected chi connectivity index (χ4v) is 3.91. The minimum absolute atomic E-state index is 0.129. The Hall–Kier alpha value is -4.05. The number of ether oxygens (including phenoxy) is 1. The van der Waals surface area contributed by atoms with Crippen molar-refractivity contribution in [2.24, 2.45) is 0 Å². The molecule has 1 unspecified atom stereocenters. The smallest absolute Gasteiger partial charge is 0.414 e. The van der Waals surface area contributed by atoms with Crippen LogP contribution in [0, 0.1) is 0 Å². The van der Waals surface area contributed by atoms with E-state index in [-0.39, 0.29) is 11.6 Å². The van der Waals surface area contributed by atoms with E-state index in [0.29, 0.717) is 28.8 Å². The molecule has 4 rings (SSSR count). The van der Waals surface area contributed by atoms with E-state index in [2.05, 4.69) is 40.4 Å². The Balaban J connectivity index is 0.000000509. The average molecular weight is 482 g/mol. The van der Waals surface area contributed by atoms with Gasteiger partial charge in [-0.05, 0) is 67.5 Å². The summed E-state index contributed by atoms with van der Waals surface area (Å²) in [5.74, 6) is -3.56. The molecular formula is C25H27N3O7. The molecule has 0 saturated carbocycles. The third-order valence-corrected chi connectivity index (χ3v) is 5.81. The average Bonchev–Trinajstić information content (AvgIpc) is 2.86. The lowest BCUT2D eigenvalue weighted by Gasteiger charge is -2.20. The number of rotatable bonds is 5. The predicted molar refractivity (Wildman–Crippen MR) is 127 cm³/mol. The predicted octanol–water partition coefficient (Wildman–Crippen LogP) is 2.59. The summed E-state index contributed by atoms with van der Waals surface area (Å²) in [5, 5.41) is 18.7. The lowest BCUT2D eigenvalue weighted by atomic mass is 9.89. The third-order valence-electron chi connectivity index (χ3n) is 5.81. The summed E-state index contributed by atoms with van der Waals surface area (Å²) in [5.41, 5.74) is 4.80. The number of nitrogens with one attached hydrogen (secondary N) is 2. The summed E-state index contributed by atoms with van der Waals surface area (Å²) in [4.78, 5) is 49.7. The number of carboxylic acid groups (broad SMARTS) is 2. The number of aromatic amines is 1. The molecule has 1 aliphatic rings. The highest BCUT2D eigenvalue weighted by molar-refractivity contribution is 6.27. The van der Waals surface area contributed by atoms with Crippen LogP contribution in [-0.4, -0.2) is 45.2 Å². The van der Waals surface area contributed by atoms with E-state index in [0.717, 1.165) is 6.42 Å². The topological polar surface area (TPSA) is 159 Å². The third kappa shape index (κ3) is 6.51. The number of aryl methyl sites for hydroxylation is 2. The highest BCUT2D eigenvalue weighted by Gasteiger charge is 2.14. The maximum Gasteiger partial charge on any atom is 0.414 e. The zero-order valence-corrected chi connectivity index (χ0v) is 19.5. The van der Waals surface area contributed by atoms with Gasteiger partial charge < -0.3 is 25.3 Å². The molecule has 2 aromatic carbocycles. The highest BCUT2D eigenvalue weighted by atomic mass is 16.5. The van der Waals surface area contributed by atoms with Gasteiger partial charge in [0.1, 0.15) is 5.82 Å². The molecule has 0 bridgehead atoms. The number of nitrogens with zero attached hydrogens (tertiary/aromatic N) is 1. The van der Waals surface area contributed by atoms with Crippen LogP contribution in [-0.2, 0) is 33.7 Å². The molecular weight excluding hydrogens is 454 g/mol. The number of fused-ring (bicyclic) bond motifs is 2. The van der Waals surface area contributed by atoms with Gasteiger partial charge in [-0.2, -0.15) is 0 Å². The molecule has 3 aromatic rings. The van der Waals surface area contributed by atoms with Gasteiger partial charge in [-0.15, -0.1) is 0 Å². The lowest BCUT2D eigenvalue weighted by Crippen LogP contribution is -2.22. The van der Waals surface area contributed by atoms with Crippen molar-refractivity contribution in [2.45, 2.75) is 45.2 Å². The van der Waals surface area contributed by atoms with Gasteiger partial charge in [0, 0.05) is 6.04 Å². The maximum absolute atomic E-state index is 12.4. The fraction of sp³-hybridized carbons (Fsp3) is 0.320. The summed E-state index contributed by atoms with van der Waals surface area (Å²) in [6.07, 6.45) is 4.86. The van der Waals surface area contributed by atoms with Gasteiger partial charge in [-0.3, -0.25) is 4.79 Å². The van der Waals surface area contributed by atoms with Crippen molar-refractivity contribution in [3.63, 3.8) is 0 Å². The number of aromatic nitrogens is 2. The number of carboxylic acids is 2. The normalized spacial score (nSPS) is 13.2. The van der Waals surface area contributed by atoms with Crippen molar-refractivity contribution in [2.75, 3.05) is 7.11 Å². The van der Waals surface area contributed by atoms with Gasteiger partial charge >= 0.3 is 17.9 Å². The molecule has 0 radical (unpaired) electrons. The van der Waals surface area contributed by atoms with Crippen LogP contribution in [0.3, 0.4) is 0 Å². The van der Waals surface area contributed by atoms with Gasteiger partial charge in [-0.25, -0.2) is 19.4 Å². The quantitative estimate of drug-likeness (QED) is 0.317. The van der Waals surface area contributed by atoms with Gasteiger partial charge in [0.15, 0.2) is 0 Å². The first-order chi connectivity index (χ1) is 16.7. The molecule has 184 valence electrons. The first-order valence-electron chi connectivity index (χ1n) is 11.1. The molecule has 0 fully saturated rings. The zero-order chi connectivity index (χ0) is 25.5. The minimum atomic E-state index is -1.82. The van der Waals surface area contributed by atoms with Crippen LogP contribution >= 0.6 is 0 Å². The number of esters is 1. The first-order valence-corrected chi connectivity index (χ1v) is 11.1. The van der Waals surface area contributed by atoms with E-state index in [9.17, 15) is 9.59 Å². The monoisotopic (exact) mass is 481 g/mol. The van der Waals surface area contributed by atoms with Gasteiger partial charge in [-0.1, -0.05) is 18.2 Å². The molecule has 10 heteroatoms. The number of carbonyl (C=O) groups is 3. The summed E-state index contributed by atoms with van der Waals surface area (Å²) in [6.45, 7) is 2.53. The summed E-state index contributed by atoms with van der Waals surface area (Å²) in [7, 11) is 1.33. The van der Waals surface area contributed by atoms with Crippen molar-refractivity contribution in [3.05, 3.63) is 74.8 Å². The molecule has 0 aliphatic heterocycles. The second kappa shape index (κ2) is 11.4. The van der Waals surface area contributed by atoms with Crippen LogP contribution in [0.25, 0.3) is 10.9 Å². The van der Waals surface area contributed by atoms with Gasteiger partial charge in [0.05, 0.1) is 30.1 Å². The summed E-state index contributed by atoms with van der Waals surface area (Å²) >= 11 is 0. The van der Waals surface area contributed by atoms with Crippen molar-refractivity contribution < 1.29 is 29.3 Å². The van der Waals surface area contributed by atoms with Crippen molar-refractivity contribution in [1.82, 2.24) is 15.3 Å². The first kappa shape index (κ1) is 25.6. The molecule has 1 aromatic heterocycles. The summed E-state index contributed by atoms with van der Waals surface area (Å²) < 4.78 is 4.75. The summed E-state index contributed by atoms with van der Waals surface area (Å²) in [6, 6.07) is 11.6. The Morgan fingerprint density at radius 1 is 1.06 bits per heavy atom. The molecule has 1 aliphatic carbocycles. The van der Waals surface area contributed by atoms with Gasteiger partial charge in [0.2, 0.25) is 0 Å². The van der Waals surface area contributed by atoms with Crippen LogP contribution in [0.4, 0.5) is 0 Å². The SMILES string of the molecule is COC(=O)c1ccc2c(=O)[nH]c(CNC(C)c3ccc4c(c3)CCCC4)nc2c1.O=C(O)C(=O)O. The van der Waals surface area contributed by atoms with E-state index in [1.54, 1.807) is 18.2 Å².